The molecule has 14 heteroatoms. The molecule has 3 atom stereocenters. The maximum absolute atomic E-state index is 13.7. The van der Waals surface area contributed by atoms with E-state index in [1.807, 2.05) is 0 Å². The fourth-order valence-electron chi connectivity index (χ4n) is 3.93. The molecule has 6 amide bonds. The molecule has 1 heterocycles. The summed E-state index contributed by atoms with van der Waals surface area (Å²) in [6, 6.07) is -4.94. The largest absolute Gasteiger partial charge is 0.465 e. The van der Waals surface area contributed by atoms with Crippen molar-refractivity contribution in [1.29, 1.82) is 0 Å². The van der Waals surface area contributed by atoms with Crippen molar-refractivity contribution in [1.82, 2.24) is 25.8 Å². The highest BCUT2D eigenvalue weighted by Gasteiger charge is 2.49. The molecule has 230 valence electrons. The highest BCUT2D eigenvalue weighted by molar-refractivity contribution is 6.38. The Morgan fingerprint density at radius 2 is 1.73 bits per heavy atom. The predicted molar refractivity (Wildman–Crippen MR) is 147 cm³/mol. The molecule has 1 fully saturated rings. The molecule has 0 aromatic rings. The summed E-state index contributed by atoms with van der Waals surface area (Å²) in [6.45, 7) is 14.2. The summed E-state index contributed by atoms with van der Waals surface area (Å²) in [5, 5.41) is 7.31. The van der Waals surface area contributed by atoms with Crippen LogP contribution in [-0.4, -0.2) is 101 Å². The van der Waals surface area contributed by atoms with Crippen LogP contribution in [0.15, 0.2) is 12.7 Å². The van der Waals surface area contributed by atoms with E-state index in [0.717, 1.165) is 4.90 Å². The molecule has 0 aromatic carbocycles. The number of rotatable bonds is 14. The second-order valence-electron chi connectivity index (χ2n) is 10.8. The highest BCUT2D eigenvalue weighted by Crippen LogP contribution is 2.21. The quantitative estimate of drug-likeness (QED) is 0.152. The molecule has 1 unspecified atom stereocenters. The zero-order valence-electron chi connectivity index (χ0n) is 24.9. The van der Waals surface area contributed by atoms with Crippen molar-refractivity contribution in [3.8, 4) is 0 Å². The first-order chi connectivity index (χ1) is 19.1. The fourth-order valence-corrected chi connectivity index (χ4v) is 3.93. The van der Waals surface area contributed by atoms with Crippen LogP contribution in [0, 0.1) is 5.92 Å². The zero-order chi connectivity index (χ0) is 31.5. The first-order valence-corrected chi connectivity index (χ1v) is 13.6. The lowest BCUT2D eigenvalue weighted by atomic mass is 10.0. The number of esters is 1. The molecule has 0 aliphatic carbocycles. The number of ether oxygens (including phenoxy) is 2. The Morgan fingerprint density at radius 3 is 2.24 bits per heavy atom. The summed E-state index contributed by atoms with van der Waals surface area (Å²) >= 11 is 0. The number of alkyl carbamates (subject to hydrolysis) is 1. The third-order valence-electron chi connectivity index (χ3n) is 5.79. The van der Waals surface area contributed by atoms with Gasteiger partial charge in [0.1, 0.15) is 24.2 Å². The monoisotopic (exact) mass is 581 g/mol. The van der Waals surface area contributed by atoms with Crippen molar-refractivity contribution < 1.29 is 43.0 Å². The maximum Gasteiger partial charge on any atom is 0.408 e. The van der Waals surface area contributed by atoms with Gasteiger partial charge >= 0.3 is 18.1 Å². The number of imide groups is 1. The molecular formula is C27H43N5O9. The average Bonchev–Trinajstić information content (AvgIpc) is 3.19. The van der Waals surface area contributed by atoms with Crippen molar-refractivity contribution in [3.05, 3.63) is 12.7 Å². The Hall–Kier alpha value is -3.97. The van der Waals surface area contributed by atoms with Gasteiger partial charge in [0.25, 0.3) is 11.8 Å². The van der Waals surface area contributed by atoms with Gasteiger partial charge in [-0.15, -0.1) is 6.58 Å². The van der Waals surface area contributed by atoms with Gasteiger partial charge in [-0.1, -0.05) is 33.3 Å². The van der Waals surface area contributed by atoms with Gasteiger partial charge in [0, 0.05) is 6.54 Å². The molecule has 1 aliphatic heterocycles. The van der Waals surface area contributed by atoms with Crippen LogP contribution in [0.4, 0.5) is 9.59 Å². The number of Topliss-reactive ketones (excluding diaryl/α,β-unsaturated/α-hetero) is 1. The molecule has 3 N–H and O–H groups in total. The van der Waals surface area contributed by atoms with Crippen LogP contribution in [0.2, 0.25) is 0 Å². The Kier molecular flexibility index (Phi) is 13.4. The van der Waals surface area contributed by atoms with Crippen LogP contribution in [-0.2, 0) is 33.4 Å². The third-order valence-corrected chi connectivity index (χ3v) is 5.79. The Morgan fingerprint density at radius 1 is 1.10 bits per heavy atom. The van der Waals surface area contributed by atoms with E-state index >= 15 is 0 Å². The Bertz CT molecular complexity index is 1020. The van der Waals surface area contributed by atoms with E-state index in [1.54, 1.807) is 48.5 Å². The second-order valence-corrected chi connectivity index (χ2v) is 10.8. The van der Waals surface area contributed by atoms with Crippen LogP contribution in [0.1, 0.15) is 61.3 Å². The molecule has 1 saturated heterocycles. The molecule has 0 bridgehead atoms. The minimum absolute atomic E-state index is 0.0425. The van der Waals surface area contributed by atoms with Crippen molar-refractivity contribution in [2.75, 3.05) is 26.2 Å². The number of nitrogens with zero attached hydrogens (tertiary/aromatic N) is 2. The van der Waals surface area contributed by atoms with Gasteiger partial charge in [0.2, 0.25) is 11.7 Å². The molecular weight excluding hydrogens is 538 g/mol. The standard InChI is InChI=1S/C27H43N5O9/c1-9-12-17(21(34)23(36)28-13-10-2)29-22(35)18-14-31(15-19(33)40-11-3)26(39)32(18)24(37)20(16(4)5)30-25(38)41-27(6,7)8/h10,16-18,20H,2,9,11-15H2,1,3-8H3,(H,28,36)(H,29,35)(H,30,38)/t17?,18-,20-/m0/s1. The zero-order valence-corrected chi connectivity index (χ0v) is 24.9. The van der Waals surface area contributed by atoms with Gasteiger partial charge in [-0.05, 0) is 40.0 Å². The molecule has 0 saturated carbocycles. The van der Waals surface area contributed by atoms with Gasteiger partial charge < -0.3 is 30.3 Å². The summed E-state index contributed by atoms with van der Waals surface area (Å²) < 4.78 is 10.2. The van der Waals surface area contributed by atoms with Gasteiger partial charge in [-0.3, -0.25) is 24.0 Å². The van der Waals surface area contributed by atoms with Crippen LogP contribution in [0.25, 0.3) is 0 Å². The first-order valence-electron chi connectivity index (χ1n) is 13.6. The number of ketones is 1. The van der Waals surface area contributed by atoms with Gasteiger partial charge in [0.05, 0.1) is 19.2 Å². The number of amides is 6. The second kappa shape index (κ2) is 15.7. The molecule has 0 radical (unpaired) electrons. The van der Waals surface area contributed by atoms with Crippen molar-refractivity contribution >= 4 is 41.6 Å². The number of carbonyl (C=O) groups excluding carboxylic acids is 7. The van der Waals surface area contributed by atoms with Crippen molar-refractivity contribution in [2.24, 2.45) is 5.92 Å². The molecule has 41 heavy (non-hydrogen) atoms. The maximum atomic E-state index is 13.7. The van der Waals surface area contributed by atoms with E-state index in [1.165, 1.54) is 6.08 Å². The number of urea groups is 1. The summed E-state index contributed by atoms with van der Waals surface area (Å²) in [6.07, 6.45) is 1.03. The third kappa shape index (κ3) is 10.5. The predicted octanol–water partition coefficient (Wildman–Crippen LogP) is 0.888. The Labute approximate surface area is 240 Å². The number of carbonyl (C=O) groups is 7. The van der Waals surface area contributed by atoms with E-state index in [0.29, 0.717) is 11.3 Å². The normalized spacial score (nSPS) is 16.5. The topological polar surface area (TPSA) is 181 Å². The lowest BCUT2D eigenvalue weighted by Gasteiger charge is -2.30. The van der Waals surface area contributed by atoms with Gasteiger partial charge in [-0.2, -0.15) is 0 Å². The minimum Gasteiger partial charge on any atom is -0.465 e. The molecule has 0 aromatic heterocycles. The summed E-state index contributed by atoms with van der Waals surface area (Å²) in [5.41, 5.74) is -0.865. The van der Waals surface area contributed by atoms with Gasteiger partial charge in [-0.25, -0.2) is 14.5 Å². The van der Waals surface area contributed by atoms with E-state index < -0.39 is 77.8 Å². The molecule has 1 aliphatic rings. The SMILES string of the molecule is C=CCNC(=O)C(=O)C(CCC)NC(=O)[C@@H]1CN(CC(=O)OCC)C(=O)N1C(=O)[C@@H](NC(=O)OC(C)(C)C)C(C)C. The van der Waals surface area contributed by atoms with Crippen LogP contribution in [0.3, 0.4) is 0 Å². The summed E-state index contributed by atoms with van der Waals surface area (Å²) in [4.78, 5) is 91.8. The van der Waals surface area contributed by atoms with Gasteiger partial charge in [0.15, 0.2) is 0 Å². The molecule has 1 rings (SSSR count). The number of hydrogen-bond donors (Lipinski definition) is 3. The van der Waals surface area contributed by atoms with E-state index in [4.69, 9.17) is 9.47 Å². The van der Waals surface area contributed by atoms with E-state index in [-0.39, 0.29) is 26.1 Å². The molecule has 0 spiro atoms. The van der Waals surface area contributed by atoms with Crippen molar-refractivity contribution in [2.45, 2.75) is 85.0 Å². The highest BCUT2D eigenvalue weighted by atomic mass is 16.6. The van der Waals surface area contributed by atoms with E-state index in [2.05, 4.69) is 22.5 Å². The lowest BCUT2D eigenvalue weighted by molar-refractivity contribution is -0.143. The smallest absolute Gasteiger partial charge is 0.408 e. The van der Waals surface area contributed by atoms with E-state index in [9.17, 15) is 33.6 Å². The number of nitrogens with one attached hydrogen (secondary N) is 3. The molecule has 14 nitrogen and oxygen atoms in total. The lowest BCUT2D eigenvalue weighted by Crippen LogP contribution is -2.59. The Balaban J connectivity index is 3.35. The fraction of sp³-hybridized carbons (Fsp3) is 0.667. The average molecular weight is 582 g/mol. The van der Waals surface area contributed by atoms with Crippen LogP contribution in [0.5, 0.6) is 0 Å². The van der Waals surface area contributed by atoms with Crippen molar-refractivity contribution in [3.63, 3.8) is 0 Å². The van der Waals surface area contributed by atoms with Crippen LogP contribution >= 0.6 is 0 Å². The summed E-state index contributed by atoms with van der Waals surface area (Å²) in [5.74, 6) is -4.91. The number of hydrogen-bond acceptors (Lipinski definition) is 9. The van der Waals surface area contributed by atoms with Crippen LogP contribution < -0.4 is 16.0 Å². The summed E-state index contributed by atoms with van der Waals surface area (Å²) in [7, 11) is 0. The first kappa shape index (κ1) is 35.1. The minimum atomic E-state index is -1.48.